The Balaban J connectivity index is 1.60. The Labute approximate surface area is 174 Å². The summed E-state index contributed by atoms with van der Waals surface area (Å²) in [6, 6.07) is 20.3. The van der Waals surface area contributed by atoms with Gasteiger partial charge in [-0.1, -0.05) is 41.9 Å². The zero-order chi connectivity index (χ0) is 20.6. The average Bonchev–Trinajstić information content (AvgIpc) is 2.73. The van der Waals surface area contributed by atoms with Gasteiger partial charge in [0, 0.05) is 5.02 Å². The molecule has 3 aromatic carbocycles. The monoisotopic (exact) mass is 408 g/mol. The first kappa shape index (κ1) is 20.4. The van der Waals surface area contributed by atoms with E-state index in [0.29, 0.717) is 28.7 Å². The molecule has 0 saturated heterocycles. The van der Waals surface area contributed by atoms with Gasteiger partial charge in [-0.05, 0) is 60.0 Å². The summed E-state index contributed by atoms with van der Waals surface area (Å²) in [5.74, 6) is 0.874. The molecule has 0 unspecified atom stereocenters. The number of rotatable bonds is 7. The van der Waals surface area contributed by atoms with Crippen LogP contribution < -0.4 is 14.9 Å². The first-order valence-electron chi connectivity index (χ1n) is 9.00. The zero-order valence-corrected chi connectivity index (χ0v) is 16.9. The van der Waals surface area contributed by atoms with Gasteiger partial charge in [-0.3, -0.25) is 4.79 Å². The van der Waals surface area contributed by atoms with Crippen molar-refractivity contribution in [2.45, 2.75) is 13.5 Å². The highest BCUT2D eigenvalue weighted by molar-refractivity contribution is 6.30. The van der Waals surface area contributed by atoms with Crippen LogP contribution in [0, 0.1) is 6.92 Å². The largest absolute Gasteiger partial charge is 0.496 e. The molecule has 3 aromatic rings. The molecule has 29 heavy (non-hydrogen) atoms. The van der Waals surface area contributed by atoms with Crippen molar-refractivity contribution in [1.29, 1.82) is 0 Å². The molecule has 0 bridgehead atoms. The van der Waals surface area contributed by atoms with Crippen LogP contribution in [0.2, 0.25) is 5.02 Å². The summed E-state index contributed by atoms with van der Waals surface area (Å²) in [4.78, 5) is 12.3. The Morgan fingerprint density at radius 2 is 1.90 bits per heavy atom. The molecule has 0 aliphatic heterocycles. The van der Waals surface area contributed by atoms with Crippen molar-refractivity contribution in [2.75, 3.05) is 7.11 Å². The number of methoxy groups -OCH3 is 1. The van der Waals surface area contributed by atoms with Gasteiger partial charge in [0.05, 0.1) is 18.9 Å². The van der Waals surface area contributed by atoms with Gasteiger partial charge in [0.2, 0.25) is 0 Å². The van der Waals surface area contributed by atoms with Crippen LogP contribution in [0.3, 0.4) is 0 Å². The Kier molecular flexibility index (Phi) is 6.87. The van der Waals surface area contributed by atoms with Crippen LogP contribution in [-0.2, 0) is 6.61 Å². The minimum absolute atomic E-state index is 0.340. The summed E-state index contributed by atoms with van der Waals surface area (Å²) in [6.45, 7) is 2.37. The average molecular weight is 409 g/mol. The molecular weight excluding hydrogens is 388 g/mol. The lowest BCUT2D eigenvalue weighted by atomic mass is 10.1. The predicted octanol–water partition coefficient (Wildman–Crippen LogP) is 5.00. The molecule has 1 amide bonds. The van der Waals surface area contributed by atoms with E-state index in [2.05, 4.69) is 10.5 Å². The third-order valence-electron chi connectivity index (χ3n) is 4.16. The molecule has 0 radical (unpaired) electrons. The number of nitrogens with zero attached hydrogens (tertiary/aromatic N) is 1. The van der Waals surface area contributed by atoms with Gasteiger partial charge >= 0.3 is 0 Å². The van der Waals surface area contributed by atoms with Crippen LogP contribution in [-0.4, -0.2) is 19.2 Å². The molecule has 6 heteroatoms. The van der Waals surface area contributed by atoms with E-state index < -0.39 is 0 Å². The number of amides is 1. The fraction of sp³-hybridized carbons (Fsp3) is 0.130. The van der Waals surface area contributed by atoms with E-state index in [4.69, 9.17) is 21.1 Å². The molecule has 0 atom stereocenters. The van der Waals surface area contributed by atoms with E-state index in [1.165, 1.54) is 7.11 Å². The maximum Gasteiger partial charge on any atom is 0.275 e. The molecule has 0 spiro atoms. The van der Waals surface area contributed by atoms with Crippen LogP contribution >= 0.6 is 11.6 Å². The van der Waals surface area contributed by atoms with Crippen molar-refractivity contribution in [1.82, 2.24) is 5.43 Å². The highest BCUT2D eigenvalue weighted by atomic mass is 35.5. The van der Waals surface area contributed by atoms with Gasteiger partial charge in [-0.15, -0.1) is 0 Å². The van der Waals surface area contributed by atoms with Gasteiger partial charge in [-0.2, -0.15) is 5.10 Å². The Bertz CT molecular complexity index is 1020. The van der Waals surface area contributed by atoms with Crippen LogP contribution in [0.15, 0.2) is 71.8 Å². The van der Waals surface area contributed by atoms with Gasteiger partial charge in [-0.25, -0.2) is 5.43 Å². The SMILES string of the molecule is COc1cc(C)ccc1C(=O)N/N=C\c1cccc(OCc2ccc(Cl)cc2)c1. The normalized spacial score (nSPS) is 10.7. The van der Waals surface area contributed by atoms with E-state index in [1.54, 1.807) is 18.3 Å². The number of carbonyl (C=O) groups is 1. The number of hydrazone groups is 1. The van der Waals surface area contributed by atoms with E-state index in [-0.39, 0.29) is 5.91 Å². The Hall–Kier alpha value is -3.31. The van der Waals surface area contributed by atoms with Gasteiger partial charge in [0.1, 0.15) is 18.1 Å². The summed E-state index contributed by atoms with van der Waals surface area (Å²) in [7, 11) is 1.53. The molecule has 0 aliphatic carbocycles. The van der Waals surface area contributed by atoms with Gasteiger partial charge in [0.25, 0.3) is 5.91 Å². The third kappa shape index (κ3) is 5.83. The molecule has 0 heterocycles. The fourth-order valence-electron chi connectivity index (χ4n) is 2.64. The summed E-state index contributed by atoms with van der Waals surface area (Å²) < 4.78 is 11.1. The molecule has 0 aromatic heterocycles. The Morgan fingerprint density at radius 1 is 1.10 bits per heavy atom. The Morgan fingerprint density at radius 3 is 2.66 bits per heavy atom. The minimum atomic E-state index is -0.340. The molecular formula is C23H21ClN2O3. The van der Waals surface area contributed by atoms with Gasteiger partial charge < -0.3 is 9.47 Å². The van der Waals surface area contributed by atoms with E-state index in [0.717, 1.165) is 16.7 Å². The number of ether oxygens (including phenoxy) is 2. The van der Waals surface area contributed by atoms with Crippen LogP contribution in [0.5, 0.6) is 11.5 Å². The highest BCUT2D eigenvalue weighted by Gasteiger charge is 2.11. The molecule has 3 rings (SSSR count). The highest BCUT2D eigenvalue weighted by Crippen LogP contribution is 2.20. The van der Waals surface area contributed by atoms with E-state index in [9.17, 15) is 4.79 Å². The summed E-state index contributed by atoms with van der Waals surface area (Å²) in [5.41, 5.74) is 5.78. The molecule has 0 saturated carbocycles. The summed E-state index contributed by atoms with van der Waals surface area (Å²) in [5, 5.41) is 4.73. The predicted molar refractivity (Wildman–Crippen MR) is 115 cm³/mol. The summed E-state index contributed by atoms with van der Waals surface area (Å²) >= 11 is 5.89. The second-order valence-electron chi connectivity index (χ2n) is 6.39. The quantitative estimate of drug-likeness (QED) is 0.442. The molecule has 0 aliphatic rings. The number of nitrogens with one attached hydrogen (secondary N) is 1. The topological polar surface area (TPSA) is 59.9 Å². The number of benzene rings is 3. The standard InChI is InChI=1S/C23H21ClN2O3/c1-16-6-11-21(22(12-16)28-2)23(27)26-25-14-18-4-3-5-20(13-18)29-15-17-7-9-19(24)10-8-17/h3-14H,15H2,1-2H3,(H,26,27)/b25-14-. The zero-order valence-electron chi connectivity index (χ0n) is 16.2. The van der Waals surface area contributed by atoms with Crippen molar-refractivity contribution in [3.63, 3.8) is 0 Å². The lowest BCUT2D eigenvalue weighted by Crippen LogP contribution is -2.18. The molecule has 148 valence electrons. The lowest BCUT2D eigenvalue weighted by Gasteiger charge is -2.08. The molecule has 5 nitrogen and oxygen atoms in total. The van der Waals surface area contributed by atoms with Crippen molar-refractivity contribution >= 4 is 23.7 Å². The van der Waals surface area contributed by atoms with Gasteiger partial charge in [0.15, 0.2) is 0 Å². The van der Waals surface area contributed by atoms with Crippen LogP contribution in [0.1, 0.15) is 27.0 Å². The van der Waals surface area contributed by atoms with Crippen molar-refractivity contribution in [2.24, 2.45) is 5.10 Å². The van der Waals surface area contributed by atoms with Crippen LogP contribution in [0.4, 0.5) is 0 Å². The minimum Gasteiger partial charge on any atom is -0.496 e. The van der Waals surface area contributed by atoms with Crippen LogP contribution in [0.25, 0.3) is 0 Å². The first-order chi connectivity index (χ1) is 14.0. The van der Waals surface area contributed by atoms with Crippen molar-refractivity contribution in [3.8, 4) is 11.5 Å². The molecule has 0 fully saturated rings. The van der Waals surface area contributed by atoms with E-state index in [1.807, 2.05) is 61.5 Å². The second kappa shape index (κ2) is 9.75. The first-order valence-corrected chi connectivity index (χ1v) is 9.38. The third-order valence-corrected chi connectivity index (χ3v) is 4.41. The maximum absolute atomic E-state index is 12.3. The maximum atomic E-state index is 12.3. The fourth-order valence-corrected chi connectivity index (χ4v) is 2.77. The van der Waals surface area contributed by atoms with Crippen molar-refractivity contribution < 1.29 is 14.3 Å². The lowest BCUT2D eigenvalue weighted by molar-refractivity contribution is 0.0952. The number of halogens is 1. The molecule has 1 N–H and O–H groups in total. The number of aryl methyl sites for hydroxylation is 1. The van der Waals surface area contributed by atoms with E-state index >= 15 is 0 Å². The number of hydrogen-bond donors (Lipinski definition) is 1. The smallest absolute Gasteiger partial charge is 0.275 e. The second-order valence-corrected chi connectivity index (χ2v) is 6.83. The van der Waals surface area contributed by atoms with Crippen molar-refractivity contribution in [3.05, 3.63) is 94.0 Å². The number of carbonyl (C=O) groups excluding carboxylic acids is 1. The number of hydrogen-bond acceptors (Lipinski definition) is 4. The summed E-state index contributed by atoms with van der Waals surface area (Å²) in [6.07, 6.45) is 1.56.